The largest absolute Gasteiger partial charge is 0.481 e. The van der Waals surface area contributed by atoms with Crippen LogP contribution in [0.5, 0.6) is 5.88 Å². The molecular formula is C16H21N3O2. The summed E-state index contributed by atoms with van der Waals surface area (Å²) in [7, 11) is 1.63. The Hall–Kier alpha value is -1.78. The molecule has 1 amide bonds. The number of carbonyl (C=O) groups excluding carboxylic acids is 1. The van der Waals surface area contributed by atoms with E-state index >= 15 is 0 Å². The number of anilines is 2. The minimum Gasteiger partial charge on any atom is -0.481 e. The Morgan fingerprint density at radius 3 is 2.95 bits per heavy atom. The smallest absolute Gasteiger partial charge is 0.247 e. The Kier molecular flexibility index (Phi) is 3.01. The van der Waals surface area contributed by atoms with Gasteiger partial charge in [0.1, 0.15) is 6.04 Å². The average Bonchev–Trinajstić information content (AvgIpc) is 2.54. The molecule has 1 aromatic heterocycles. The zero-order valence-corrected chi connectivity index (χ0v) is 12.3. The second kappa shape index (κ2) is 4.90. The van der Waals surface area contributed by atoms with Gasteiger partial charge in [-0.3, -0.25) is 4.79 Å². The van der Waals surface area contributed by atoms with Crippen LogP contribution >= 0.6 is 0 Å². The van der Waals surface area contributed by atoms with Crippen molar-refractivity contribution >= 4 is 17.4 Å². The molecule has 3 aliphatic rings. The normalized spacial score (nSPS) is 30.8. The zero-order valence-electron chi connectivity index (χ0n) is 12.3. The molecule has 1 saturated heterocycles. The quantitative estimate of drug-likeness (QED) is 0.862. The molecule has 4 rings (SSSR count). The number of hydrogen-bond acceptors (Lipinski definition) is 4. The van der Waals surface area contributed by atoms with Crippen molar-refractivity contribution in [2.75, 3.05) is 17.3 Å². The number of fused-ring (bicyclic) bond motifs is 5. The summed E-state index contributed by atoms with van der Waals surface area (Å²) in [5.74, 6) is 2.34. The van der Waals surface area contributed by atoms with Crippen LogP contribution in [-0.4, -0.2) is 30.1 Å². The maximum absolute atomic E-state index is 12.4. The van der Waals surface area contributed by atoms with Crippen LogP contribution in [0, 0.1) is 5.92 Å². The summed E-state index contributed by atoms with van der Waals surface area (Å²) >= 11 is 0. The van der Waals surface area contributed by atoms with Crippen LogP contribution in [-0.2, 0) is 4.79 Å². The molecule has 5 heteroatoms. The molecule has 0 radical (unpaired) electrons. The van der Waals surface area contributed by atoms with E-state index in [1.165, 1.54) is 32.1 Å². The van der Waals surface area contributed by atoms with Crippen molar-refractivity contribution in [2.24, 2.45) is 5.92 Å². The number of carbonyl (C=O) groups is 1. The number of nitrogens with zero attached hydrogens (tertiary/aromatic N) is 2. The van der Waals surface area contributed by atoms with Crippen LogP contribution in [0.1, 0.15) is 38.5 Å². The average molecular weight is 287 g/mol. The molecule has 2 fully saturated rings. The van der Waals surface area contributed by atoms with Gasteiger partial charge in [-0.1, -0.05) is 12.8 Å². The van der Waals surface area contributed by atoms with Gasteiger partial charge in [0, 0.05) is 12.1 Å². The number of amides is 1. The zero-order chi connectivity index (χ0) is 14.4. The highest BCUT2D eigenvalue weighted by molar-refractivity contribution is 6.03. The molecule has 5 nitrogen and oxygen atoms in total. The molecule has 0 aromatic carbocycles. The Labute approximate surface area is 124 Å². The van der Waals surface area contributed by atoms with E-state index in [0.29, 0.717) is 17.8 Å². The maximum Gasteiger partial charge on any atom is 0.247 e. The van der Waals surface area contributed by atoms with Crippen molar-refractivity contribution in [3.63, 3.8) is 0 Å². The number of methoxy groups -OCH3 is 1. The Morgan fingerprint density at radius 2 is 2.10 bits per heavy atom. The molecule has 0 spiro atoms. The lowest BCUT2D eigenvalue weighted by Crippen LogP contribution is -2.59. The standard InChI is InChI=1S/C16H21N3O2/c1-21-14-9-7-11-15(18-14)19-12-5-3-2-4-10(12)6-8-13(19)16(20)17-11/h7,9-10,12-13H,2-6,8H2,1H3,(H,17,20). The summed E-state index contributed by atoms with van der Waals surface area (Å²) in [4.78, 5) is 19.3. The Morgan fingerprint density at radius 1 is 1.24 bits per heavy atom. The van der Waals surface area contributed by atoms with Gasteiger partial charge < -0.3 is 15.0 Å². The second-order valence-corrected chi connectivity index (χ2v) is 6.33. The molecule has 1 aromatic rings. The van der Waals surface area contributed by atoms with Gasteiger partial charge in [-0.15, -0.1) is 0 Å². The van der Waals surface area contributed by atoms with E-state index in [1.807, 2.05) is 12.1 Å². The van der Waals surface area contributed by atoms with E-state index in [0.717, 1.165) is 17.9 Å². The van der Waals surface area contributed by atoms with Crippen LogP contribution in [0.15, 0.2) is 12.1 Å². The van der Waals surface area contributed by atoms with Crippen molar-refractivity contribution in [3.05, 3.63) is 12.1 Å². The third kappa shape index (κ3) is 1.98. The minimum atomic E-state index is -0.0588. The van der Waals surface area contributed by atoms with E-state index < -0.39 is 0 Å². The number of aromatic nitrogens is 1. The lowest BCUT2D eigenvalue weighted by atomic mass is 9.75. The molecule has 3 heterocycles. The predicted molar refractivity (Wildman–Crippen MR) is 80.7 cm³/mol. The third-order valence-corrected chi connectivity index (χ3v) is 5.24. The summed E-state index contributed by atoms with van der Waals surface area (Å²) in [5.41, 5.74) is 0.822. The van der Waals surface area contributed by atoms with Crippen molar-refractivity contribution in [1.82, 2.24) is 4.98 Å². The summed E-state index contributed by atoms with van der Waals surface area (Å²) in [6.07, 6.45) is 7.14. The van der Waals surface area contributed by atoms with Crippen molar-refractivity contribution in [1.29, 1.82) is 0 Å². The van der Waals surface area contributed by atoms with Gasteiger partial charge in [0.25, 0.3) is 0 Å². The van der Waals surface area contributed by atoms with Crippen LogP contribution in [0.3, 0.4) is 0 Å². The third-order valence-electron chi connectivity index (χ3n) is 5.24. The predicted octanol–water partition coefficient (Wildman–Crippen LogP) is 2.57. The summed E-state index contributed by atoms with van der Waals surface area (Å²) < 4.78 is 5.27. The van der Waals surface area contributed by atoms with Crippen LogP contribution < -0.4 is 15.0 Å². The number of rotatable bonds is 1. The van der Waals surface area contributed by atoms with E-state index in [4.69, 9.17) is 4.74 Å². The lowest BCUT2D eigenvalue weighted by molar-refractivity contribution is -0.118. The van der Waals surface area contributed by atoms with Gasteiger partial charge in [-0.2, -0.15) is 4.98 Å². The number of nitrogens with one attached hydrogen (secondary N) is 1. The monoisotopic (exact) mass is 287 g/mol. The van der Waals surface area contributed by atoms with Gasteiger partial charge in [-0.05, 0) is 37.7 Å². The number of pyridine rings is 1. The van der Waals surface area contributed by atoms with E-state index in [1.54, 1.807) is 7.11 Å². The first-order valence-corrected chi connectivity index (χ1v) is 7.92. The van der Waals surface area contributed by atoms with Gasteiger partial charge in [0.15, 0.2) is 5.82 Å². The summed E-state index contributed by atoms with van der Waals surface area (Å²) in [5, 5.41) is 3.01. The second-order valence-electron chi connectivity index (χ2n) is 6.33. The minimum absolute atomic E-state index is 0.0588. The summed E-state index contributed by atoms with van der Waals surface area (Å²) in [6, 6.07) is 4.11. The first-order valence-electron chi connectivity index (χ1n) is 7.92. The van der Waals surface area contributed by atoms with Crippen LogP contribution in [0.25, 0.3) is 0 Å². The molecular weight excluding hydrogens is 266 g/mol. The topological polar surface area (TPSA) is 54.5 Å². The maximum atomic E-state index is 12.4. The van der Waals surface area contributed by atoms with Gasteiger partial charge in [-0.25, -0.2) is 0 Å². The van der Waals surface area contributed by atoms with Crippen LogP contribution in [0.2, 0.25) is 0 Å². The fraction of sp³-hybridized carbons (Fsp3) is 0.625. The number of ether oxygens (including phenoxy) is 1. The molecule has 3 unspecified atom stereocenters. The van der Waals surface area contributed by atoms with Gasteiger partial charge in [0.2, 0.25) is 11.8 Å². The van der Waals surface area contributed by atoms with Gasteiger partial charge in [0.05, 0.1) is 12.8 Å². The summed E-state index contributed by atoms with van der Waals surface area (Å²) in [6.45, 7) is 0. The fourth-order valence-electron chi connectivity index (χ4n) is 4.25. The first kappa shape index (κ1) is 12.9. The van der Waals surface area contributed by atoms with Gasteiger partial charge >= 0.3 is 0 Å². The first-order chi connectivity index (χ1) is 10.3. The Bertz CT molecular complexity index is 575. The molecule has 21 heavy (non-hydrogen) atoms. The fourth-order valence-corrected chi connectivity index (χ4v) is 4.25. The molecule has 112 valence electrons. The molecule has 3 atom stereocenters. The van der Waals surface area contributed by atoms with E-state index in [2.05, 4.69) is 15.2 Å². The number of hydrogen-bond donors (Lipinski definition) is 1. The molecule has 1 N–H and O–H groups in total. The number of piperidine rings is 1. The van der Waals surface area contributed by atoms with Crippen LogP contribution in [0.4, 0.5) is 11.5 Å². The molecule has 1 saturated carbocycles. The highest BCUT2D eigenvalue weighted by Crippen LogP contribution is 2.44. The molecule has 0 bridgehead atoms. The van der Waals surface area contributed by atoms with E-state index in [-0.39, 0.29) is 11.9 Å². The molecule has 2 aliphatic heterocycles. The van der Waals surface area contributed by atoms with Crippen molar-refractivity contribution in [2.45, 2.75) is 50.6 Å². The Balaban J connectivity index is 1.79. The van der Waals surface area contributed by atoms with Crippen molar-refractivity contribution in [3.8, 4) is 5.88 Å². The van der Waals surface area contributed by atoms with E-state index in [9.17, 15) is 4.79 Å². The lowest BCUT2D eigenvalue weighted by Gasteiger charge is -2.50. The SMILES string of the molecule is COc1ccc2c(n1)N1C(CCC3CCCCC31)C(=O)N2. The van der Waals surface area contributed by atoms with Crippen molar-refractivity contribution < 1.29 is 9.53 Å². The molecule has 1 aliphatic carbocycles. The highest BCUT2D eigenvalue weighted by atomic mass is 16.5. The highest BCUT2D eigenvalue weighted by Gasteiger charge is 2.45.